The lowest BCUT2D eigenvalue weighted by molar-refractivity contribution is -0.137. The number of alkyl halides is 3. The number of halogens is 4. The molecule has 3 unspecified atom stereocenters. The highest BCUT2D eigenvalue weighted by atomic mass is 35.5. The zero-order chi connectivity index (χ0) is 25.8. The summed E-state index contributed by atoms with van der Waals surface area (Å²) in [5.74, 6) is -1.97. The molecule has 2 aliphatic rings. The second kappa shape index (κ2) is 8.83. The zero-order valence-corrected chi connectivity index (χ0v) is 20.0. The molecule has 0 radical (unpaired) electrons. The van der Waals surface area contributed by atoms with Gasteiger partial charge < -0.3 is 4.90 Å². The quantitative estimate of drug-likeness (QED) is 0.431. The SMILES string of the molecule is CN(C)c1ccc(N2C(=O)C3ON(c4ccc(Cl)cc4)C(c4ccc(C(F)(F)F)cc4)C3C2=O)cc1. The summed E-state index contributed by atoms with van der Waals surface area (Å²) >= 11 is 6.01. The van der Waals surface area contributed by atoms with Gasteiger partial charge >= 0.3 is 6.18 Å². The van der Waals surface area contributed by atoms with Gasteiger partial charge in [0.15, 0.2) is 6.10 Å². The Bertz CT molecular complexity index is 1300. The summed E-state index contributed by atoms with van der Waals surface area (Å²) in [7, 11) is 3.75. The maximum absolute atomic E-state index is 13.6. The number of hydroxylamine groups is 1. The molecule has 5 rings (SSSR count). The molecule has 0 spiro atoms. The van der Waals surface area contributed by atoms with Crippen LogP contribution < -0.4 is 14.9 Å². The average molecular weight is 516 g/mol. The van der Waals surface area contributed by atoms with Gasteiger partial charge in [-0.25, -0.2) is 9.96 Å². The second-order valence-corrected chi connectivity index (χ2v) is 9.28. The molecule has 0 saturated carbocycles. The minimum absolute atomic E-state index is 0.401. The van der Waals surface area contributed by atoms with E-state index in [-0.39, 0.29) is 0 Å². The number of rotatable bonds is 4. The first-order chi connectivity index (χ1) is 17.1. The second-order valence-electron chi connectivity index (χ2n) is 8.84. The van der Waals surface area contributed by atoms with Gasteiger partial charge in [-0.05, 0) is 66.2 Å². The minimum atomic E-state index is -4.50. The van der Waals surface area contributed by atoms with E-state index in [0.29, 0.717) is 22.0 Å². The van der Waals surface area contributed by atoms with Crippen molar-refractivity contribution in [1.29, 1.82) is 0 Å². The summed E-state index contributed by atoms with van der Waals surface area (Å²) in [5.41, 5.74) is 1.41. The molecule has 3 aromatic rings. The summed E-state index contributed by atoms with van der Waals surface area (Å²) in [5, 5.41) is 1.89. The Morgan fingerprint density at radius 3 is 1.97 bits per heavy atom. The number of anilines is 3. The highest BCUT2D eigenvalue weighted by Crippen LogP contribution is 2.48. The molecule has 2 amide bonds. The zero-order valence-electron chi connectivity index (χ0n) is 19.2. The third kappa shape index (κ3) is 4.08. The van der Waals surface area contributed by atoms with Crippen LogP contribution in [0.2, 0.25) is 5.02 Å². The van der Waals surface area contributed by atoms with Crippen molar-refractivity contribution >= 4 is 40.5 Å². The fourth-order valence-electron chi connectivity index (χ4n) is 4.59. The molecule has 36 heavy (non-hydrogen) atoms. The van der Waals surface area contributed by atoms with Crippen LogP contribution in [0.4, 0.5) is 30.2 Å². The summed E-state index contributed by atoms with van der Waals surface area (Å²) < 4.78 is 39.5. The van der Waals surface area contributed by atoms with E-state index in [4.69, 9.17) is 16.4 Å². The highest BCUT2D eigenvalue weighted by Gasteiger charge is 2.60. The van der Waals surface area contributed by atoms with Crippen molar-refractivity contribution in [3.05, 3.63) is 88.9 Å². The van der Waals surface area contributed by atoms with Crippen LogP contribution in [0.5, 0.6) is 0 Å². The number of carbonyl (C=O) groups is 2. The van der Waals surface area contributed by atoms with Gasteiger partial charge in [0.2, 0.25) is 5.91 Å². The van der Waals surface area contributed by atoms with Crippen molar-refractivity contribution in [3.8, 4) is 0 Å². The fourth-order valence-corrected chi connectivity index (χ4v) is 4.71. The molecule has 0 aromatic heterocycles. The maximum Gasteiger partial charge on any atom is 0.416 e. The Balaban J connectivity index is 1.54. The van der Waals surface area contributed by atoms with Gasteiger partial charge in [-0.3, -0.25) is 14.4 Å². The molecule has 10 heteroatoms. The number of fused-ring (bicyclic) bond motifs is 1. The number of nitrogens with zero attached hydrogens (tertiary/aromatic N) is 3. The van der Waals surface area contributed by atoms with Gasteiger partial charge in [-0.15, -0.1) is 0 Å². The molecule has 2 saturated heterocycles. The van der Waals surface area contributed by atoms with Crippen LogP contribution >= 0.6 is 11.6 Å². The Kier molecular flexibility index (Phi) is 5.92. The first-order valence-corrected chi connectivity index (χ1v) is 11.5. The normalized spacial score (nSPS) is 21.8. The topological polar surface area (TPSA) is 53.1 Å². The van der Waals surface area contributed by atoms with E-state index in [2.05, 4.69) is 0 Å². The Labute approximate surface area is 210 Å². The Morgan fingerprint density at radius 2 is 1.42 bits per heavy atom. The van der Waals surface area contributed by atoms with Crippen molar-refractivity contribution in [2.45, 2.75) is 18.3 Å². The number of imide groups is 1. The lowest BCUT2D eigenvalue weighted by Crippen LogP contribution is -2.37. The van der Waals surface area contributed by atoms with Crippen LogP contribution in [0.1, 0.15) is 17.2 Å². The van der Waals surface area contributed by atoms with Gasteiger partial charge in [0.05, 0.1) is 23.0 Å². The van der Waals surface area contributed by atoms with Crippen LogP contribution in [0.3, 0.4) is 0 Å². The Morgan fingerprint density at radius 1 is 0.833 bits per heavy atom. The van der Waals surface area contributed by atoms with Crippen LogP contribution in [0.15, 0.2) is 72.8 Å². The van der Waals surface area contributed by atoms with Gasteiger partial charge in [0.25, 0.3) is 5.91 Å². The van der Waals surface area contributed by atoms with E-state index in [1.165, 1.54) is 17.2 Å². The highest BCUT2D eigenvalue weighted by molar-refractivity contribution is 6.30. The molecule has 0 N–H and O–H groups in total. The number of benzene rings is 3. The van der Waals surface area contributed by atoms with Crippen LogP contribution in [-0.4, -0.2) is 32.0 Å². The van der Waals surface area contributed by atoms with Crippen LogP contribution in [0.25, 0.3) is 0 Å². The van der Waals surface area contributed by atoms with Crippen molar-refractivity contribution in [2.24, 2.45) is 5.92 Å². The first kappa shape index (κ1) is 24.1. The molecule has 0 bridgehead atoms. The molecule has 2 aliphatic heterocycles. The van der Waals surface area contributed by atoms with Gasteiger partial charge in [0.1, 0.15) is 5.92 Å². The fraction of sp³-hybridized carbons (Fsp3) is 0.231. The molecule has 3 aromatic carbocycles. The third-order valence-corrected chi connectivity index (χ3v) is 6.65. The van der Waals surface area contributed by atoms with Gasteiger partial charge in [-0.1, -0.05) is 23.7 Å². The predicted octanol–water partition coefficient (Wildman–Crippen LogP) is 5.48. The lowest BCUT2D eigenvalue weighted by Gasteiger charge is -2.29. The monoisotopic (exact) mass is 515 g/mol. The predicted molar refractivity (Wildman–Crippen MR) is 130 cm³/mol. The molecular formula is C26H21ClF3N3O3. The lowest BCUT2D eigenvalue weighted by atomic mass is 9.90. The molecule has 0 aliphatic carbocycles. The number of hydrogen-bond acceptors (Lipinski definition) is 5. The summed E-state index contributed by atoms with van der Waals surface area (Å²) in [6, 6.07) is 17.2. The molecule has 2 fully saturated rings. The maximum atomic E-state index is 13.6. The van der Waals surface area contributed by atoms with E-state index >= 15 is 0 Å². The van der Waals surface area contributed by atoms with Gasteiger partial charge in [-0.2, -0.15) is 13.2 Å². The van der Waals surface area contributed by atoms with Crippen molar-refractivity contribution in [1.82, 2.24) is 0 Å². The van der Waals surface area contributed by atoms with E-state index in [0.717, 1.165) is 22.7 Å². The average Bonchev–Trinajstić information content (AvgIpc) is 3.35. The summed E-state index contributed by atoms with van der Waals surface area (Å²) in [6.45, 7) is 0. The van der Waals surface area contributed by atoms with Crippen LogP contribution in [0, 0.1) is 5.92 Å². The molecule has 2 heterocycles. The van der Waals surface area contributed by atoms with Crippen molar-refractivity contribution in [3.63, 3.8) is 0 Å². The van der Waals surface area contributed by atoms with E-state index in [1.54, 1.807) is 48.5 Å². The van der Waals surface area contributed by atoms with Crippen molar-refractivity contribution in [2.75, 3.05) is 29.0 Å². The first-order valence-electron chi connectivity index (χ1n) is 11.1. The Hall–Kier alpha value is -3.56. The molecule has 3 atom stereocenters. The smallest absolute Gasteiger partial charge is 0.378 e. The number of amides is 2. The van der Waals surface area contributed by atoms with E-state index in [9.17, 15) is 22.8 Å². The third-order valence-electron chi connectivity index (χ3n) is 6.40. The summed E-state index contributed by atoms with van der Waals surface area (Å²) in [6.07, 6.45) is -5.63. The van der Waals surface area contributed by atoms with E-state index in [1.807, 2.05) is 19.0 Å². The van der Waals surface area contributed by atoms with E-state index < -0.39 is 41.6 Å². The summed E-state index contributed by atoms with van der Waals surface area (Å²) in [4.78, 5) is 36.0. The van der Waals surface area contributed by atoms with Crippen molar-refractivity contribution < 1.29 is 27.6 Å². The largest absolute Gasteiger partial charge is 0.416 e. The molecule has 186 valence electrons. The standard InChI is InChI=1S/C26H21ClF3N3O3/c1-31(2)18-11-13-19(14-12-18)32-24(34)21-22(15-3-5-16(6-4-15)26(28,29)30)33(36-23(21)25(32)35)20-9-7-17(27)8-10-20/h3-14,21-23H,1-2H3. The molecule has 6 nitrogen and oxygen atoms in total. The van der Waals surface area contributed by atoms with Gasteiger partial charge in [0, 0.05) is 24.8 Å². The number of hydrogen-bond donors (Lipinski definition) is 0. The van der Waals surface area contributed by atoms with Crippen LogP contribution in [-0.2, 0) is 20.6 Å². The minimum Gasteiger partial charge on any atom is -0.378 e. The molecular weight excluding hydrogens is 495 g/mol. The number of carbonyl (C=O) groups excluding carboxylic acids is 2.